The average molecular weight is 227 g/mol. The highest BCUT2D eigenvalue weighted by Gasteiger charge is 2.22. The van der Waals surface area contributed by atoms with Crippen LogP contribution in [0.5, 0.6) is 0 Å². The molecule has 0 aliphatic carbocycles. The highest BCUT2D eigenvalue weighted by atomic mass is 35.5. The molecule has 0 heterocycles. The first-order valence-electron chi connectivity index (χ1n) is 4.68. The number of benzene rings is 1. The first kappa shape index (κ1) is 12.0. The van der Waals surface area contributed by atoms with Gasteiger partial charge in [0.05, 0.1) is 16.2 Å². The third-order valence-electron chi connectivity index (χ3n) is 2.05. The van der Waals surface area contributed by atoms with Gasteiger partial charge in [0.1, 0.15) is 0 Å². The van der Waals surface area contributed by atoms with Gasteiger partial charge in [-0.1, -0.05) is 23.7 Å². The van der Waals surface area contributed by atoms with E-state index in [1.54, 1.807) is 19.9 Å². The molecule has 0 atom stereocenters. The van der Waals surface area contributed by atoms with Crippen LogP contribution in [0.3, 0.4) is 0 Å². The molecule has 1 aromatic rings. The summed E-state index contributed by atoms with van der Waals surface area (Å²) >= 11 is 5.97. The summed E-state index contributed by atoms with van der Waals surface area (Å²) in [6.07, 6.45) is 0. The Hall–Kier alpha value is -1.06. The smallest absolute Gasteiger partial charge is 0.243 e. The molecule has 0 fully saturated rings. The number of hydrogen-bond acceptors (Lipinski definition) is 2. The average Bonchev–Trinajstić information content (AvgIpc) is 2.09. The van der Waals surface area contributed by atoms with Gasteiger partial charge in [0.2, 0.25) is 5.91 Å². The van der Waals surface area contributed by atoms with Gasteiger partial charge in [-0.15, -0.1) is 0 Å². The Bertz CT molecular complexity index is 362. The number of halogens is 1. The van der Waals surface area contributed by atoms with Crippen molar-refractivity contribution in [2.24, 2.45) is 5.73 Å². The lowest BCUT2D eigenvalue weighted by Crippen LogP contribution is -2.45. The van der Waals surface area contributed by atoms with E-state index in [2.05, 4.69) is 5.32 Å². The van der Waals surface area contributed by atoms with Crippen LogP contribution in [0.4, 0.5) is 5.69 Å². The molecule has 3 nitrogen and oxygen atoms in total. The summed E-state index contributed by atoms with van der Waals surface area (Å²) in [5.74, 6) is -0.251. The summed E-state index contributed by atoms with van der Waals surface area (Å²) in [5, 5.41) is 3.24. The minimum Gasteiger partial charge on any atom is -0.323 e. The number of rotatable bonds is 2. The Labute approximate surface area is 94.6 Å². The van der Waals surface area contributed by atoms with Crippen molar-refractivity contribution >= 4 is 23.2 Å². The van der Waals surface area contributed by atoms with E-state index in [0.717, 1.165) is 5.56 Å². The van der Waals surface area contributed by atoms with Gasteiger partial charge in [-0.05, 0) is 32.4 Å². The summed E-state index contributed by atoms with van der Waals surface area (Å²) in [6.45, 7) is 5.17. The monoisotopic (exact) mass is 226 g/mol. The number of hydrogen-bond donors (Lipinski definition) is 2. The SMILES string of the molecule is Cc1cccc(Cl)c1NC(=O)C(C)(C)N. The van der Waals surface area contributed by atoms with Gasteiger partial charge >= 0.3 is 0 Å². The third-order valence-corrected chi connectivity index (χ3v) is 2.36. The second-order valence-electron chi connectivity index (χ2n) is 4.11. The van der Waals surface area contributed by atoms with Crippen LogP contribution in [0.15, 0.2) is 18.2 Å². The number of nitrogens with one attached hydrogen (secondary N) is 1. The third kappa shape index (κ3) is 2.94. The molecule has 0 aliphatic heterocycles. The van der Waals surface area contributed by atoms with Crippen molar-refractivity contribution in [1.82, 2.24) is 0 Å². The van der Waals surface area contributed by atoms with Crippen LogP contribution in [-0.2, 0) is 4.79 Å². The zero-order chi connectivity index (χ0) is 11.6. The van der Waals surface area contributed by atoms with Crippen molar-refractivity contribution in [3.8, 4) is 0 Å². The van der Waals surface area contributed by atoms with E-state index in [0.29, 0.717) is 10.7 Å². The van der Waals surface area contributed by atoms with Crippen molar-refractivity contribution in [3.63, 3.8) is 0 Å². The Balaban J connectivity index is 2.95. The zero-order valence-corrected chi connectivity index (χ0v) is 9.85. The first-order valence-corrected chi connectivity index (χ1v) is 5.05. The van der Waals surface area contributed by atoms with E-state index >= 15 is 0 Å². The quantitative estimate of drug-likeness (QED) is 0.813. The van der Waals surface area contributed by atoms with Crippen LogP contribution in [0, 0.1) is 6.92 Å². The molecule has 82 valence electrons. The largest absolute Gasteiger partial charge is 0.323 e. The van der Waals surface area contributed by atoms with Crippen molar-refractivity contribution in [2.75, 3.05) is 5.32 Å². The van der Waals surface area contributed by atoms with Crippen LogP contribution in [0.2, 0.25) is 5.02 Å². The number of para-hydroxylation sites is 1. The van der Waals surface area contributed by atoms with Gasteiger partial charge in [-0.3, -0.25) is 4.79 Å². The van der Waals surface area contributed by atoms with Gasteiger partial charge < -0.3 is 11.1 Å². The van der Waals surface area contributed by atoms with Gasteiger partial charge in [0, 0.05) is 0 Å². The molecule has 0 saturated carbocycles. The van der Waals surface area contributed by atoms with Crippen molar-refractivity contribution in [2.45, 2.75) is 26.3 Å². The predicted octanol–water partition coefficient (Wildman–Crippen LogP) is 2.32. The van der Waals surface area contributed by atoms with Crippen LogP contribution in [-0.4, -0.2) is 11.4 Å². The number of aryl methyl sites for hydroxylation is 1. The minimum absolute atomic E-state index is 0.251. The van der Waals surface area contributed by atoms with Crippen LogP contribution >= 0.6 is 11.6 Å². The molecule has 0 aliphatic rings. The standard InChI is InChI=1S/C11H15ClN2O/c1-7-5-4-6-8(12)9(7)14-10(15)11(2,3)13/h4-6H,13H2,1-3H3,(H,14,15). The molecule has 4 heteroatoms. The highest BCUT2D eigenvalue weighted by Crippen LogP contribution is 2.25. The lowest BCUT2D eigenvalue weighted by Gasteiger charge is -2.19. The summed E-state index contributed by atoms with van der Waals surface area (Å²) in [5.41, 5.74) is 6.30. The molecule has 0 radical (unpaired) electrons. The molecule has 0 spiro atoms. The zero-order valence-electron chi connectivity index (χ0n) is 9.10. The normalized spacial score (nSPS) is 11.3. The van der Waals surface area contributed by atoms with Crippen molar-refractivity contribution in [1.29, 1.82) is 0 Å². The van der Waals surface area contributed by atoms with Gasteiger partial charge in [0.15, 0.2) is 0 Å². The lowest BCUT2D eigenvalue weighted by atomic mass is 10.1. The Morgan fingerprint density at radius 2 is 2.07 bits per heavy atom. The Morgan fingerprint density at radius 1 is 1.47 bits per heavy atom. The summed E-state index contributed by atoms with van der Waals surface area (Å²) in [7, 11) is 0. The van der Waals surface area contributed by atoms with E-state index in [9.17, 15) is 4.79 Å². The Kier molecular flexibility index (Phi) is 3.37. The maximum absolute atomic E-state index is 11.6. The molecule has 1 aromatic carbocycles. The van der Waals surface area contributed by atoms with E-state index in [1.807, 2.05) is 19.1 Å². The van der Waals surface area contributed by atoms with Gasteiger partial charge in [-0.2, -0.15) is 0 Å². The van der Waals surface area contributed by atoms with E-state index in [-0.39, 0.29) is 5.91 Å². The van der Waals surface area contributed by atoms with Crippen molar-refractivity contribution < 1.29 is 4.79 Å². The van der Waals surface area contributed by atoms with E-state index in [1.165, 1.54) is 0 Å². The van der Waals surface area contributed by atoms with Crippen molar-refractivity contribution in [3.05, 3.63) is 28.8 Å². The first-order chi connectivity index (χ1) is 6.82. The molecule has 15 heavy (non-hydrogen) atoms. The minimum atomic E-state index is -0.911. The number of anilines is 1. The second kappa shape index (κ2) is 4.21. The summed E-state index contributed by atoms with van der Waals surface area (Å²) in [6, 6.07) is 5.44. The Morgan fingerprint density at radius 3 is 2.53 bits per heavy atom. The summed E-state index contributed by atoms with van der Waals surface area (Å²) in [4.78, 5) is 11.6. The highest BCUT2D eigenvalue weighted by molar-refractivity contribution is 6.34. The van der Waals surface area contributed by atoms with Gasteiger partial charge in [0.25, 0.3) is 0 Å². The molecule has 1 rings (SSSR count). The molecular formula is C11H15ClN2O. The summed E-state index contributed by atoms with van der Waals surface area (Å²) < 4.78 is 0. The predicted molar refractivity (Wildman–Crippen MR) is 63.1 cm³/mol. The van der Waals surface area contributed by atoms with Crippen LogP contribution < -0.4 is 11.1 Å². The number of nitrogens with two attached hydrogens (primary N) is 1. The number of carbonyl (C=O) groups is 1. The molecule has 0 saturated heterocycles. The molecule has 0 unspecified atom stereocenters. The topological polar surface area (TPSA) is 55.1 Å². The lowest BCUT2D eigenvalue weighted by molar-refractivity contribution is -0.120. The number of carbonyl (C=O) groups excluding carboxylic acids is 1. The molecule has 0 bridgehead atoms. The molecule has 0 aromatic heterocycles. The maximum atomic E-state index is 11.6. The fourth-order valence-corrected chi connectivity index (χ4v) is 1.33. The fraction of sp³-hybridized carbons (Fsp3) is 0.364. The number of amides is 1. The second-order valence-corrected chi connectivity index (χ2v) is 4.51. The fourth-order valence-electron chi connectivity index (χ4n) is 1.06. The maximum Gasteiger partial charge on any atom is 0.243 e. The van der Waals surface area contributed by atoms with Crippen LogP contribution in [0.25, 0.3) is 0 Å². The molecule has 1 amide bonds. The molecule has 3 N–H and O–H groups in total. The van der Waals surface area contributed by atoms with Crippen LogP contribution in [0.1, 0.15) is 19.4 Å². The molecular weight excluding hydrogens is 212 g/mol. The van der Waals surface area contributed by atoms with Gasteiger partial charge in [-0.25, -0.2) is 0 Å². The van der Waals surface area contributed by atoms with E-state index < -0.39 is 5.54 Å². The van der Waals surface area contributed by atoms with E-state index in [4.69, 9.17) is 17.3 Å².